The van der Waals surface area contributed by atoms with Gasteiger partial charge in [0.2, 0.25) is 0 Å². The van der Waals surface area contributed by atoms with Crippen LogP contribution in [0.1, 0.15) is 77.1 Å². The van der Waals surface area contributed by atoms with E-state index in [1.807, 2.05) is 0 Å². The number of benzene rings is 2. The first-order valence-electron chi connectivity index (χ1n) is 12.2. The predicted octanol–water partition coefficient (Wildman–Crippen LogP) is 8.27. The van der Waals surface area contributed by atoms with Gasteiger partial charge in [-0.2, -0.15) is 0 Å². The van der Waals surface area contributed by atoms with Gasteiger partial charge in [-0.15, -0.1) is 12.6 Å². The molecule has 0 aliphatic carbocycles. The molecule has 2 aromatic rings. The van der Waals surface area contributed by atoms with Crippen LogP contribution in [0.25, 0.3) is 5.70 Å². The molecular weight excluding hydrogens is 408 g/mol. The van der Waals surface area contributed by atoms with E-state index >= 15 is 0 Å². The lowest BCUT2D eigenvalue weighted by Crippen LogP contribution is -2.32. The van der Waals surface area contributed by atoms with Crippen molar-refractivity contribution in [2.24, 2.45) is 0 Å². The summed E-state index contributed by atoms with van der Waals surface area (Å²) in [5, 5.41) is 0.720. The Labute approximate surface area is 202 Å². The molecule has 0 aliphatic rings. The van der Waals surface area contributed by atoms with Crippen molar-refractivity contribution in [3.8, 4) is 0 Å². The summed E-state index contributed by atoms with van der Waals surface area (Å²) in [6.07, 6.45) is 6.40. The van der Waals surface area contributed by atoms with Crippen molar-refractivity contribution in [3.05, 3.63) is 76.3 Å². The summed E-state index contributed by atoms with van der Waals surface area (Å²) in [6, 6.07) is 14.1. The Morgan fingerprint density at radius 3 is 2.06 bits per heavy atom. The Kier molecular flexibility index (Phi) is 9.96. The summed E-state index contributed by atoms with van der Waals surface area (Å²) >= 11 is 4.73. The zero-order chi connectivity index (χ0) is 23.8. The maximum atomic E-state index is 4.73. The second-order valence-electron chi connectivity index (χ2n) is 8.57. The summed E-state index contributed by atoms with van der Waals surface area (Å²) in [4.78, 5) is 4.69. The summed E-state index contributed by atoms with van der Waals surface area (Å²) in [6.45, 7) is 20.8. The number of hydrogen-bond acceptors (Lipinski definition) is 3. The number of hydrogen-bond donors (Lipinski definition) is 1. The van der Waals surface area contributed by atoms with Crippen LogP contribution in [0.2, 0.25) is 0 Å². The van der Waals surface area contributed by atoms with Gasteiger partial charge in [0.05, 0.1) is 5.03 Å². The number of allylic oxidation sites excluding steroid dienone is 1. The van der Waals surface area contributed by atoms with Crippen molar-refractivity contribution in [1.82, 2.24) is 0 Å². The van der Waals surface area contributed by atoms with Crippen molar-refractivity contribution < 1.29 is 0 Å². The summed E-state index contributed by atoms with van der Waals surface area (Å²) < 4.78 is 0. The lowest BCUT2D eigenvalue weighted by atomic mass is 9.98. The number of nitrogens with zero attached hydrogens (tertiary/aromatic N) is 2. The molecule has 0 N–H and O–H groups in total. The van der Waals surface area contributed by atoms with Crippen LogP contribution in [0.4, 0.5) is 11.4 Å². The molecule has 0 fully saturated rings. The average Bonchev–Trinajstić information content (AvgIpc) is 2.79. The highest BCUT2D eigenvalue weighted by Crippen LogP contribution is 2.36. The zero-order valence-electron chi connectivity index (χ0n) is 21.2. The first-order valence-corrected chi connectivity index (χ1v) is 12.6. The second-order valence-corrected chi connectivity index (χ2v) is 9.09. The molecule has 0 amide bonds. The van der Waals surface area contributed by atoms with Crippen molar-refractivity contribution >= 4 is 29.7 Å². The molecule has 0 spiro atoms. The quantitative estimate of drug-likeness (QED) is 0.344. The highest BCUT2D eigenvalue weighted by Gasteiger charge is 2.20. The smallest absolute Gasteiger partial charge is 0.0694 e. The van der Waals surface area contributed by atoms with E-state index in [1.165, 1.54) is 27.9 Å². The maximum absolute atomic E-state index is 4.73. The van der Waals surface area contributed by atoms with Gasteiger partial charge in [-0.05, 0) is 86.9 Å². The maximum Gasteiger partial charge on any atom is 0.0694 e. The molecule has 0 saturated carbocycles. The fourth-order valence-electron chi connectivity index (χ4n) is 4.47. The van der Waals surface area contributed by atoms with E-state index in [0.717, 1.165) is 48.6 Å². The van der Waals surface area contributed by atoms with Gasteiger partial charge >= 0.3 is 0 Å². The third kappa shape index (κ3) is 5.81. The molecule has 174 valence electrons. The standard InChI is InChI=1S/C29H42N2S/c1-9-18-30(21(6)7)29-20-27(17-16-24(29)11-3)31(22(8)32)28(13-5)26-15-14-23(10-2)25(12-4)19-26/h13-17,19-21,32H,8-12,18H2,1-7H3/b28-13-. The first kappa shape index (κ1) is 26.1. The normalized spacial score (nSPS) is 11.7. The molecule has 0 heterocycles. The Morgan fingerprint density at radius 2 is 1.56 bits per heavy atom. The highest BCUT2D eigenvalue weighted by atomic mass is 32.1. The van der Waals surface area contributed by atoms with Crippen LogP contribution < -0.4 is 9.80 Å². The van der Waals surface area contributed by atoms with Crippen molar-refractivity contribution in [3.63, 3.8) is 0 Å². The molecule has 2 nitrogen and oxygen atoms in total. The van der Waals surface area contributed by atoms with E-state index < -0.39 is 0 Å². The minimum atomic E-state index is 0.443. The molecule has 0 bridgehead atoms. The minimum absolute atomic E-state index is 0.443. The Bertz CT molecular complexity index is 942. The number of anilines is 2. The molecule has 32 heavy (non-hydrogen) atoms. The first-order chi connectivity index (χ1) is 15.3. The van der Waals surface area contributed by atoms with Gasteiger partial charge in [-0.3, -0.25) is 0 Å². The third-order valence-electron chi connectivity index (χ3n) is 6.14. The Morgan fingerprint density at radius 1 is 0.938 bits per heavy atom. The topological polar surface area (TPSA) is 6.48 Å². The minimum Gasteiger partial charge on any atom is -0.369 e. The molecule has 0 aliphatic heterocycles. The number of aryl methyl sites for hydroxylation is 3. The lowest BCUT2D eigenvalue weighted by Gasteiger charge is -2.33. The SMILES string of the molecule is C=C(S)N(/C(=C\C)c1ccc(CC)c(CC)c1)c1ccc(CC)c(N(CCC)C(C)C)c1. The van der Waals surface area contributed by atoms with Crippen LogP contribution in [0.15, 0.2) is 54.1 Å². The van der Waals surface area contributed by atoms with E-state index in [4.69, 9.17) is 12.6 Å². The second kappa shape index (κ2) is 12.2. The fraction of sp³-hybridized carbons (Fsp3) is 0.448. The van der Waals surface area contributed by atoms with E-state index in [9.17, 15) is 0 Å². The van der Waals surface area contributed by atoms with E-state index in [0.29, 0.717) is 6.04 Å². The molecular formula is C29H42N2S. The van der Waals surface area contributed by atoms with E-state index in [-0.39, 0.29) is 0 Å². The van der Waals surface area contributed by atoms with Gasteiger partial charge in [0, 0.05) is 29.7 Å². The molecule has 0 unspecified atom stereocenters. The van der Waals surface area contributed by atoms with Gasteiger partial charge < -0.3 is 9.80 Å². The lowest BCUT2D eigenvalue weighted by molar-refractivity contribution is 0.668. The van der Waals surface area contributed by atoms with Crippen LogP contribution in [-0.2, 0) is 19.3 Å². The van der Waals surface area contributed by atoms with E-state index in [2.05, 4.69) is 107 Å². The van der Waals surface area contributed by atoms with Crippen LogP contribution >= 0.6 is 12.6 Å². The van der Waals surface area contributed by atoms with Crippen LogP contribution in [-0.4, -0.2) is 12.6 Å². The molecule has 2 aromatic carbocycles. The zero-order valence-corrected chi connectivity index (χ0v) is 22.1. The predicted molar refractivity (Wildman–Crippen MR) is 148 cm³/mol. The summed E-state index contributed by atoms with van der Waals surface area (Å²) in [5.41, 5.74) is 8.94. The largest absolute Gasteiger partial charge is 0.369 e. The average molecular weight is 451 g/mol. The highest BCUT2D eigenvalue weighted by molar-refractivity contribution is 7.84. The summed E-state index contributed by atoms with van der Waals surface area (Å²) in [5.74, 6) is 0. The fourth-order valence-corrected chi connectivity index (χ4v) is 4.69. The van der Waals surface area contributed by atoms with Crippen LogP contribution in [0, 0.1) is 0 Å². The van der Waals surface area contributed by atoms with Gasteiger partial charge in [-0.1, -0.05) is 58.5 Å². The number of rotatable bonds is 11. The number of thiol groups is 1. The van der Waals surface area contributed by atoms with E-state index in [1.54, 1.807) is 0 Å². The molecule has 0 radical (unpaired) electrons. The third-order valence-corrected chi connectivity index (χ3v) is 6.34. The van der Waals surface area contributed by atoms with Gasteiger partial charge in [0.25, 0.3) is 0 Å². The van der Waals surface area contributed by atoms with Crippen molar-refractivity contribution in [1.29, 1.82) is 0 Å². The molecule has 3 heteroatoms. The van der Waals surface area contributed by atoms with Crippen LogP contribution in [0.3, 0.4) is 0 Å². The molecule has 0 aromatic heterocycles. The van der Waals surface area contributed by atoms with Crippen molar-refractivity contribution in [2.75, 3.05) is 16.3 Å². The van der Waals surface area contributed by atoms with Gasteiger partial charge in [0.1, 0.15) is 0 Å². The van der Waals surface area contributed by atoms with Gasteiger partial charge in [-0.25, -0.2) is 0 Å². The molecule has 0 saturated heterocycles. The monoisotopic (exact) mass is 450 g/mol. The summed E-state index contributed by atoms with van der Waals surface area (Å²) in [7, 11) is 0. The molecule has 0 atom stereocenters. The van der Waals surface area contributed by atoms with Gasteiger partial charge in [0.15, 0.2) is 0 Å². The Hall–Kier alpha value is -2.13. The van der Waals surface area contributed by atoms with Crippen LogP contribution in [0.5, 0.6) is 0 Å². The Balaban J connectivity index is 2.63. The van der Waals surface area contributed by atoms with Crippen molar-refractivity contribution in [2.45, 2.75) is 80.2 Å². The molecule has 2 rings (SSSR count).